The molecule has 0 fully saturated rings. The van der Waals surface area contributed by atoms with E-state index >= 15 is 0 Å². The average molecular weight is 306 g/mol. The van der Waals surface area contributed by atoms with Crippen molar-refractivity contribution in [3.63, 3.8) is 0 Å². The molecule has 0 unspecified atom stereocenters. The lowest BCUT2D eigenvalue weighted by Gasteiger charge is -2.06. The molecule has 0 amide bonds. The minimum atomic E-state index is -0.226. The number of nitrogens with zero attached hydrogens (tertiary/aromatic N) is 2. The zero-order valence-electron chi connectivity index (χ0n) is 11.5. The van der Waals surface area contributed by atoms with Gasteiger partial charge in [-0.2, -0.15) is 5.10 Å². The summed E-state index contributed by atoms with van der Waals surface area (Å²) in [6.07, 6.45) is 2.56. The van der Waals surface area contributed by atoms with E-state index in [1.54, 1.807) is 18.3 Å². The van der Waals surface area contributed by atoms with E-state index in [2.05, 4.69) is 15.5 Å². The molecular weight excluding hydrogens is 290 g/mol. The van der Waals surface area contributed by atoms with Crippen molar-refractivity contribution in [2.45, 2.75) is 12.8 Å². The Bertz CT molecular complexity index is 578. The van der Waals surface area contributed by atoms with Crippen molar-refractivity contribution < 1.29 is 9.53 Å². The van der Waals surface area contributed by atoms with Crippen LogP contribution in [0.5, 0.6) is 0 Å². The van der Waals surface area contributed by atoms with Crippen LogP contribution in [-0.4, -0.2) is 29.3 Å². The Hall–Kier alpha value is -2.14. The lowest BCUT2D eigenvalue weighted by Crippen LogP contribution is -2.14. The van der Waals surface area contributed by atoms with Crippen LogP contribution in [0.4, 0.5) is 5.82 Å². The monoisotopic (exact) mass is 305 g/mol. The summed E-state index contributed by atoms with van der Waals surface area (Å²) < 4.78 is 5.13. The van der Waals surface area contributed by atoms with Gasteiger partial charge in [0.2, 0.25) is 0 Å². The number of hydrogen-bond acceptors (Lipinski definition) is 5. The molecule has 1 aromatic carbocycles. The highest BCUT2D eigenvalue weighted by atomic mass is 35.5. The van der Waals surface area contributed by atoms with Crippen LogP contribution in [0.3, 0.4) is 0 Å². The van der Waals surface area contributed by atoms with Gasteiger partial charge in [0.05, 0.1) is 6.54 Å². The Morgan fingerprint density at radius 2 is 2.19 bits per heavy atom. The summed E-state index contributed by atoms with van der Waals surface area (Å²) in [6, 6.07) is 11.1. The molecule has 21 heavy (non-hydrogen) atoms. The van der Waals surface area contributed by atoms with Gasteiger partial charge in [0.1, 0.15) is 12.4 Å². The summed E-state index contributed by atoms with van der Waals surface area (Å²) in [4.78, 5) is 11.6. The summed E-state index contributed by atoms with van der Waals surface area (Å²) in [6.45, 7) is 0.798. The van der Waals surface area contributed by atoms with Crippen molar-refractivity contribution >= 4 is 23.4 Å². The Balaban J connectivity index is 1.62. The van der Waals surface area contributed by atoms with Crippen LogP contribution in [0.1, 0.15) is 12.0 Å². The zero-order chi connectivity index (χ0) is 14.9. The minimum absolute atomic E-state index is 0.226. The van der Waals surface area contributed by atoms with Gasteiger partial charge in [-0.1, -0.05) is 23.7 Å². The second-order valence-corrected chi connectivity index (χ2v) is 4.82. The fourth-order valence-electron chi connectivity index (χ4n) is 1.75. The fraction of sp³-hybridized carbons (Fsp3) is 0.267. The van der Waals surface area contributed by atoms with E-state index in [1.807, 2.05) is 24.3 Å². The van der Waals surface area contributed by atoms with E-state index in [0.29, 0.717) is 36.8 Å². The van der Waals surface area contributed by atoms with Crippen LogP contribution in [0, 0.1) is 0 Å². The van der Waals surface area contributed by atoms with Gasteiger partial charge in [0.15, 0.2) is 0 Å². The molecule has 0 spiro atoms. The predicted octanol–water partition coefficient (Wildman–Crippen LogP) is 2.72. The van der Waals surface area contributed by atoms with Gasteiger partial charge in [-0.15, -0.1) is 5.10 Å². The van der Waals surface area contributed by atoms with Crippen LogP contribution < -0.4 is 5.32 Å². The Kier molecular flexibility index (Phi) is 5.97. The predicted molar refractivity (Wildman–Crippen MR) is 81.3 cm³/mol. The molecule has 0 radical (unpaired) electrons. The largest absolute Gasteiger partial charge is 0.464 e. The molecule has 1 heterocycles. The first-order valence-corrected chi connectivity index (χ1v) is 7.03. The lowest BCUT2D eigenvalue weighted by atomic mass is 10.1. The van der Waals surface area contributed by atoms with Crippen LogP contribution in [0.25, 0.3) is 0 Å². The van der Waals surface area contributed by atoms with Gasteiger partial charge >= 0.3 is 5.97 Å². The number of benzene rings is 1. The number of hydrogen-bond donors (Lipinski definition) is 1. The molecule has 0 bridgehead atoms. The summed E-state index contributed by atoms with van der Waals surface area (Å²) in [5.41, 5.74) is 1.03. The molecule has 1 aromatic heterocycles. The second-order valence-electron chi connectivity index (χ2n) is 4.39. The van der Waals surface area contributed by atoms with Crippen LogP contribution in [0.2, 0.25) is 5.02 Å². The quantitative estimate of drug-likeness (QED) is 0.629. The number of nitrogens with one attached hydrogen (secondary N) is 1. The minimum Gasteiger partial charge on any atom is -0.464 e. The van der Waals surface area contributed by atoms with Crippen molar-refractivity contribution in [2.75, 3.05) is 18.5 Å². The summed E-state index contributed by atoms with van der Waals surface area (Å²) in [7, 11) is 0. The third-order valence-corrected chi connectivity index (χ3v) is 2.99. The SMILES string of the molecule is O=C(CCc1cccc(Cl)c1)OCCNc1cccnn1. The molecule has 1 N–H and O–H groups in total. The van der Waals surface area contributed by atoms with E-state index in [9.17, 15) is 4.79 Å². The molecule has 0 aliphatic heterocycles. The molecule has 0 saturated carbocycles. The highest BCUT2D eigenvalue weighted by molar-refractivity contribution is 6.30. The summed E-state index contributed by atoms with van der Waals surface area (Å²) >= 11 is 5.89. The van der Waals surface area contributed by atoms with Gasteiger partial charge in [0.25, 0.3) is 0 Å². The third-order valence-electron chi connectivity index (χ3n) is 2.75. The highest BCUT2D eigenvalue weighted by Crippen LogP contribution is 2.12. The van der Waals surface area contributed by atoms with Gasteiger partial charge < -0.3 is 10.1 Å². The zero-order valence-corrected chi connectivity index (χ0v) is 12.2. The number of carbonyl (C=O) groups excluding carboxylic acids is 1. The first kappa shape index (κ1) is 15.3. The normalized spacial score (nSPS) is 10.1. The van der Waals surface area contributed by atoms with E-state index in [0.717, 1.165) is 5.56 Å². The van der Waals surface area contributed by atoms with Crippen LogP contribution in [0.15, 0.2) is 42.6 Å². The van der Waals surface area contributed by atoms with Crippen molar-refractivity contribution in [1.29, 1.82) is 0 Å². The van der Waals surface area contributed by atoms with Crippen molar-refractivity contribution in [2.24, 2.45) is 0 Å². The molecule has 0 atom stereocenters. The smallest absolute Gasteiger partial charge is 0.306 e. The summed E-state index contributed by atoms with van der Waals surface area (Å²) in [5.74, 6) is 0.434. The maximum absolute atomic E-state index is 11.6. The standard InChI is InChI=1S/C15H16ClN3O2/c16-13-4-1-3-12(11-13)6-7-15(20)21-10-9-17-14-5-2-8-18-19-14/h1-5,8,11H,6-7,9-10H2,(H,17,19). The number of aromatic nitrogens is 2. The van der Waals surface area contributed by atoms with Crippen LogP contribution >= 0.6 is 11.6 Å². The topological polar surface area (TPSA) is 64.1 Å². The molecule has 2 aromatic rings. The Labute approximate surface area is 128 Å². The molecular formula is C15H16ClN3O2. The number of aryl methyl sites for hydroxylation is 1. The molecule has 0 aliphatic carbocycles. The highest BCUT2D eigenvalue weighted by Gasteiger charge is 2.04. The lowest BCUT2D eigenvalue weighted by molar-refractivity contribution is -0.143. The molecule has 0 saturated heterocycles. The van der Waals surface area contributed by atoms with Gasteiger partial charge in [0, 0.05) is 17.6 Å². The van der Waals surface area contributed by atoms with Gasteiger partial charge in [-0.3, -0.25) is 4.79 Å². The van der Waals surface area contributed by atoms with E-state index < -0.39 is 0 Å². The third kappa shape index (κ3) is 5.79. The van der Waals surface area contributed by atoms with E-state index in [1.165, 1.54) is 0 Å². The summed E-state index contributed by atoms with van der Waals surface area (Å²) in [5, 5.41) is 11.3. The van der Waals surface area contributed by atoms with E-state index in [4.69, 9.17) is 16.3 Å². The van der Waals surface area contributed by atoms with Gasteiger partial charge in [-0.05, 0) is 36.2 Å². The molecule has 6 heteroatoms. The van der Waals surface area contributed by atoms with Crippen molar-refractivity contribution in [1.82, 2.24) is 10.2 Å². The number of ether oxygens (including phenoxy) is 1. The van der Waals surface area contributed by atoms with Gasteiger partial charge in [-0.25, -0.2) is 0 Å². The maximum Gasteiger partial charge on any atom is 0.306 e. The maximum atomic E-state index is 11.6. The van der Waals surface area contributed by atoms with E-state index in [-0.39, 0.29) is 5.97 Å². The first-order valence-electron chi connectivity index (χ1n) is 6.66. The number of rotatable bonds is 7. The molecule has 5 nitrogen and oxygen atoms in total. The van der Waals surface area contributed by atoms with Crippen molar-refractivity contribution in [3.8, 4) is 0 Å². The second kappa shape index (κ2) is 8.21. The fourth-order valence-corrected chi connectivity index (χ4v) is 1.96. The number of anilines is 1. The number of halogens is 1. The molecule has 2 rings (SSSR count). The Morgan fingerprint density at radius 3 is 2.95 bits per heavy atom. The average Bonchev–Trinajstić information content (AvgIpc) is 2.51. The molecule has 110 valence electrons. The number of esters is 1. The van der Waals surface area contributed by atoms with Crippen molar-refractivity contribution in [3.05, 3.63) is 53.2 Å². The van der Waals surface area contributed by atoms with Crippen LogP contribution in [-0.2, 0) is 16.0 Å². The molecule has 0 aliphatic rings. The number of carbonyl (C=O) groups is 1. The Morgan fingerprint density at radius 1 is 1.29 bits per heavy atom. The first-order chi connectivity index (χ1) is 10.2.